The van der Waals surface area contributed by atoms with E-state index in [9.17, 15) is 0 Å². The molecule has 3 rings (SSSR count). The van der Waals surface area contributed by atoms with E-state index in [-0.39, 0.29) is 0 Å². The van der Waals surface area contributed by atoms with Gasteiger partial charge in [-0.1, -0.05) is 0 Å². The van der Waals surface area contributed by atoms with Crippen LogP contribution in [0.5, 0.6) is 0 Å². The van der Waals surface area contributed by atoms with Crippen LogP contribution in [0.3, 0.4) is 0 Å². The first-order valence-electron chi connectivity index (χ1n) is 6.98. The molecule has 0 aliphatic rings. The molecule has 0 amide bonds. The summed E-state index contributed by atoms with van der Waals surface area (Å²) in [4.78, 5) is 0. The van der Waals surface area contributed by atoms with E-state index >= 15 is 0 Å². The summed E-state index contributed by atoms with van der Waals surface area (Å²) >= 11 is 0. The summed E-state index contributed by atoms with van der Waals surface area (Å²) in [5, 5.41) is 4.55. The van der Waals surface area contributed by atoms with Crippen molar-refractivity contribution in [3.8, 4) is 0 Å². The van der Waals surface area contributed by atoms with Gasteiger partial charge in [0.2, 0.25) is 0 Å². The molecule has 0 saturated carbocycles. The quantitative estimate of drug-likeness (QED) is 0.512. The average Bonchev–Trinajstić information content (AvgIpc) is 2.56. The topological polar surface area (TPSA) is 0 Å². The first-order valence-corrected chi connectivity index (χ1v) is 12.5. The first-order chi connectivity index (χ1) is 9.82. The van der Waals surface area contributed by atoms with E-state index in [2.05, 4.69) is 91.0 Å². The summed E-state index contributed by atoms with van der Waals surface area (Å²) in [6, 6.07) is 33.2. The molecular weight excluding hydrogens is 275 g/mol. The molecule has 3 aromatic carbocycles. The second kappa shape index (κ2) is 5.74. The fraction of sp³-hybridized carbons (Fsp3) is 0. The molecule has 0 aliphatic heterocycles. The van der Waals surface area contributed by atoms with E-state index in [1.165, 1.54) is 25.8 Å². The van der Waals surface area contributed by atoms with Gasteiger partial charge in [0.05, 0.1) is 0 Å². The number of hydrogen-bond acceptors (Lipinski definition) is 0. The molecule has 0 bridgehead atoms. The van der Waals surface area contributed by atoms with Crippen molar-refractivity contribution in [2.75, 3.05) is 0 Å². The van der Waals surface area contributed by atoms with E-state index in [1.54, 1.807) is 0 Å². The Morgan fingerprint density at radius 1 is 0.450 bits per heavy atom. The molecule has 0 atom stereocenters. The summed E-state index contributed by atoms with van der Waals surface area (Å²) in [5.41, 5.74) is 0. The number of rotatable bonds is 3. The van der Waals surface area contributed by atoms with Crippen molar-refractivity contribution in [1.29, 1.82) is 0 Å². The van der Waals surface area contributed by atoms with E-state index in [0.717, 1.165) is 0 Å². The Kier molecular flexibility index (Phi) is 3.82. The standard InChI is InChI=1S/C18H19PSi/c20-19(16-10-4-1-5-11-16,17-12-6-2-7-13-17)18-14-8-3-9-15-18/h1-15,19H,20H3. The Hall–Kier alpha value is -1.69. The summed E-state index contributed by atoms with van der Waals surface area (Å²) in [6.07, 6.45) is 0. The Morgan fingerprint density at radius 2 is 0.700 bits per heavy atom. The Morgan fingerprint density at radius 3 is 0.950 bits per heavy atom. The van der Waals surface area contributed by atoms with E-state index in [1.807, 2.05) is 0 Å². The zero-order valence-electron chi connectivity index (χ0n) is 11.7. The maximum atomic E-state index is 2.30. The van der Waals surface area contributed by atoms with Crippen molar-refractivity contribution in [2.45, 2.75) is 0 Å². The van der Waals surface area contributed by atoms with E-state index in [4.69, 9.17) is 0 Å². The molecule has 0 spiro atoms. The average molecular weight is 294 g/mol. The van der Waals surface area contributed by atoms with Crippen LogP contribution in [0.15, 0.2) is 91.0 Å². The number of benzene rings is 3. The third-order valence-corrected chi connectivity index (χ3v) is 13.7. The molecule has 0 N–H and O–H groups in total. The fourth-order valence-corrected chi connectivity index (χ4v) is 9.39. The van der Waals surface area contributed by atoms with Gasteiger partial charge < -0.3 is 0 Å². The van der Waals surface area contributed by atoms with Crippen molar-refractivity contribution < 1.29 is 0 Å². The predicted molar refractivity (Wildman–Crippen MR) is 96.5 cm³/mol. The molecule has 100 valence electrons. The van der Waals surface area contributed by atoms with Crippen LogP contribution in [0.25, 0.3) is 0 Å². The van der Waals surface area contributed by atoms with E-state index in [0.29, 0.717) is 0 Å². The zero-order chi connectivity index (χ0) is 13.8. The predicted octanol–water partition coefficient (Wildman–Crippen LogP) is 1.99. The molecule has 0 saturated heterocycles. The first kappa shape index (κ1) is 13.3. The molecule has 0 aliphatic carbocycles. The third kappa shape index (κ3) is 2.35. The second-order valence-electron chi connectivity index (χ2n) is 5.22. The van der Waals surface area contributed by atoms with Gasteiger partial charge in [-0.3, -0.25) is 0 Å². The zero-order valence-corrected chi connectivity index (χ0v) is 14.7. The van der Waals surface area contributed by atoms with Gasteiger partial charge in [0.25, 0.3) is 0 Å². The molecule has 0 aromatic heterocycles. The van der Waals surface area contributed by atoms with Crippen LogP contribution in [0.4, 0.5) is 0 Å². The van der Waals surface area contributed by atoms with Gasteiger partial charge in [-0.25, -0.2) is 0 Å². The van der Waals surface area contributed by atoms with Crippen LogP contribution in [0.1, 0.15) is 0 Å². The summed E-state index contributed by atoms with van der Waals surface area (Å²) < 4.78 is 0. The van der Waals surface area contributed by atoms with Gasteiger partial charge in [-0.2, -0.15) is 0 Å². The van der Waals surface area contributed by atoms with Crippen molar-refractivity contribution in [3.63, 3.8) is 0 Å². The monoisotopic (exact) mass is 294 g/mol. The summed E-state index contributed by atoms with van der Waals surface area (Å²) in [5.74, 6) is 0. The second-order valence-corrected chi connectivity index (χ2v) is 13.7. The normalized spacial score (nSPS) is 12.2. The third-order valence-electron chi connectivity index (χ3n) is 4.05. The van der Waals surface area contributed by atoms with Crippen LogP contribution in [0, 0.1) is 0 Å². The number of hydrogen-bond donors (Lipinski definition) is 0. The molecule has 0 unspecified atom stereocenters. The van der Waals surface area contributed by atoms with Gasteiger partial charge in [0.1, 0.15) is 0 Å². The van der Waals surface area contributed by atoms with Gasteiger partial charge >= 0.3 is 124 Å². The Bertz CT molecular complexity index is 569. The van der Waals surface area contributed by atoms with Crippen molar-refractivity contribution >= 4 is 32.6 Å². The van der Waals surface area contributed by atoms with Gasteiger partial charge in [-0.05, 0) is 0 Å². The van der Waals surface area contributed by atoms with Crippen molar-refractivity contribution in [1.82, 2.24) is 0 Å². The van der Waals surface area contributed by atoms with Crippen LogP contribution in [0.2, 0.25) is 0 Å². The molecular formula is C18H19PSi. The molecule has 0 radical (unpaired) electrons. The molecule has 20 heavy (non-hydrogen) atoms. The maximum absolute atomic E-state index is 2.30. The SMILES string of the molecule is [SiH3][PH](c1ccccc1)(c1ccccc1)c1ccccc1. The van der Waals surface area contributed by atoms with Crippen molar-refractivity contribution in [2.24, 2.45) is 0 Å². The molecule has 2 heteroatoms. The van der Waals surface area contributed by atoms with Crippen LogP contribution < -0.4 is 15.9 Å². The summed E-state index contributed by atoms with van der Waals surface area (Å²) in [7, 11) is 1.17. The molecule has 0 fully saturated rings. The Labute approximate surface area is 124 Å². The summed E-state index contributed by atoms with van der Waals surface area (Å²) in [6.45, 7) is -1.74. The fourth-order valence-electron chi connectivity index (χ4n) is 2.81. The van der Waals surface area contributed by atoms with Crippen LogP contribution >= 0.6 is 6.81 Å². The minimum atomic E-state index is -1.74. The minimum absolute atomic E-state index is 1.17. The molecule has 0 nitrogen and oxygen atoms in total. The molecule has 0 heterocycles. The van der Waals surface area contributed by atoms with E-state index < -0.39 is 6.81 Å². The van der Waals surface area contributed by atoms with Gasteiger partial charge in [-0.15, -0.1) is 0 Å². The van der Waals surface area contributed by atoms with Crippen LogP contribution in [-0.4, -0.2) is 9.91 Å². The van der Waals surface area contributed by atoms with Crippen molar-refractivity contribution in [3.05, 3.63) is 91.0 Å². The van der Waals surface area contributed by atoms with Gasteiger partial charge in [0, 0.05) is 0 Å². The van der Waals surface area contributed by atoms with Crippen LogP contribution in [-0.2, 0) is 0 Å². The molecule has 3 aromatic rings. The van der Waals surface area contributed by atoms with Gasteiger partial charge in [0.15, 0.2) is 0 Å². The Balaban J connectivity index is 2.24.